The summed E-state index contributed by atoms with van der Waals surface area (Å²) in [5, 5.41) is 8.55. The van der Waals surface area contributed by atoms with Crippen LogP contribution in [0, 0.1) is 11.7 Å². The van der Waals surface area contributed by atoms with Gasteiger partial charge in [0.05, 0.1) is 28.0 Å². The molecule has 1 aromatic carbocycles. The van der Waals surface area contributed by atoms with E-state index in [1.54, 1.807) is 23.0 Å². The number of hydrogen-bond acceptors (Lipinski definition) is 4. The number of anilines is 1. The largest absolute Gasteiger partial charge is 0.367 e. The smallest absolute Gasteiger partial charge is 0.168 e. The lowest BCUT2D eigenvalue weighted by Crippen LogP contribution is -2.24. The molecule has 1 atom stereocenters. The van der Waals surface area contributed by atoms with E-state index in [2.05, 4.69) is 41.2 Å². The average molecular weight is 444 g/mol. The minimum atomic E-state index is -0.421. The summed E-state index contributed by atoms with van der Waals surface area (Å²) in [7, 11) is 0. The molecule has 0 radical (unpaired) electrons. The molecule has 0 aliphatic rings. The zero-order chi connectivity index (χ0) is 21.4. The molecule has 0 aliphatic carbocycles. The lowest BCUT2D eigenvalue weighted by molar-refractivity contribution is 0.556. The van der Waals surface area contributed by atoms with Crippen molar-refractivity contribution in [2.75, 3.05) is 5.32 Å². The van der Waals surface area contributed by atoms with Crippen LogP contribution in [0.3, 0.4) is 0 Å². The first kappa shape index (κ1) is 20.6. The summed E-state index contributed by atoms with van der Waals surface area (Å²) in [6.07, 6.45) is 3.43. The second kappa shape index (κ2) is 8.20. The van der Waals surface area contributed by atoms with E-state index < -0.39 is 5.82 Å². The third-order valence-electron chi connectivity index (χ3n) is 5.11. The SMILES string of the molecule is CC(C)C(C)Nc1c(-c2ccc(F)cc2Cl)c(Cl)nc2c(-c3ccccn3)cnn12. The number of pyridine rings is 1. The van der Waals surface area contributed by atoms with Gasteiger partial charge in [0.15, 0.2) is 5.65 Å². The first-order valence-electron chi connectivity index (χ1n) is 9.57. The standard InChI is InChI=1S/C22H20Cl2FN5/c1-12(2)13(3)28-22-19(15-8-7-14(25)10-17(15)23)20(24)29-21-16(11-27-30(21)22)18-6-4-5-9-26-18/h4-13,28H,1-3H3. The predicted octanol–water partition coefficient (Wildman–Crippen LogP) is 6.36. The molecule has 0 spiro atoms. The van der Waals surface area contributed by atoms with E-state index in [4.69, 9.17) is 23.2 Å². The Labute approximate surface area is 183 Å². The fourth-order valence-corrected chi connectivity index (χ4v) is 3.65. The molecular formula is C22H20Cl2FN5. The molecule has 4 rings (SSSR count). The average Bonchev–Trinajstić information content (AvgIpc) is 3.13. The molecule has 1 unspecified atom stereocenters. The van der Waals surface area contributed by atoms with E-state index in [1.807, 2.05) is 18.2 Å². The van der Waals surface area contributed by atoms with Crippen molar-refractivity contribution in [3.63, 3.8) is 0 Å². The summed E-state index contributed by atoms with van der Waals surface area (Å²) in [4.78, 5) is 9.00. The molecule has 3 heterocycles. The van der Waals surface area contributed by atoms with Gasteiger partial charge >= 0.3 is 0 Å². The molecule has 0 aliphatic heterocycles. The molecule has 0 amide bonds. The van der Waals surface area contributed by atoms with Crippen LogP contribution in [0.25, 0.3) is 28.0 Å². The minimum Gasteiger partial charge on any atom is -0.367 e. The number of fused-ring (bicyclic) bond motifs is 1. The summed E-state index contributed by atoms with van der Waals surface area (Å²) in [6, 6.07) is 9.95. The summed E-state index contributed by atoms with van der Waals surface area (Å²) in [6.45, 7) is 6.30. The Morgan fingerprint density at radius 2 is 1.87 bits per heavy atom. The number of rotatable bonds is 5. The van der Waals surface area contributed by atoms with Crippen LogP contribution in [0.1, 0.15) is 20.8 Å². The van der Waals surface area contributed by atoms with Crippen LogP contribution in [0.4, 0.5) is 10.2 Å². The third-order valence-corrected chi connectivity index (χ3v) is 5.69. The molecule has 0 bridgehead atoms. The maximum atomic E-state index is 13.7. The Bertz CT molecular complexity index is 1210. The van der Waals surface area contributed by atoms with Crippen molar-refractivity contribution in [3.8, 4) is 22.4 Å². The number of halogens is 3. The first-order valence-corrected chi connectivity index (χ1v) is 10.3. The summed E-state index contributed by atoms with van der Waals surface area (Å²) in [5.41, 5.74) is 3.21. The molecule has 8 heteroatoms. The Hall–Kier alpha value is -2.70. The lowest BCUT2D eigenvalue weighted by Gasteiger charge is -2.22. The van der Waals surface area contributed by atoms with E-state index in [0.29, 0.717) is 28.5 Å². The van der Waals surface area contributed by atoms with Crippen molar-refractivity contribution >= 4 is 34.7 Å². The summed E-state index contributed by atoms with van der Waals surface area (Å²) >= 11 is 13.0. The molecule has 3 aromatic heterocycles. The van der Waals surface area contributed by atoms with Gasteiger partial charge in [-0.15, -0.1) is 0 Å². The molecule has 0 saturated carbocycles. The Balaban J connectivity index is 2.00. The van der Waals surface area contributed by atoms with Crippen molar-refractivity contribution < 1.29 is 4.39 Å². The highest BCUT2D eigenvalue weighted by atomic mass is 35.5. The van der Waals surface area contributed by atoms with Gasteiger partial charge in [0, 0.05) is 17.8 Å². The Kier molecular flexibility index (Phi) is 5.62. The van der Waals surface area contributed by atoms with Gasteiger partial charge in [0.2, 0.25) is 0 Å². The minimum absolute atomic E-state index is 0.104. The topological polar surface area (TPSA) is 55.1 Å². The van der Waals surface area contributed by atoms with E-state index in [1.165, 1.54) is 12.1 Å². The monoisotopic (exact) mass is 443 g/mol. The molecule has 4 aromatic rings. The van der Waals surface area contributed by atoms with Crippen LogP contribution in [-0.4, -0.2) is 25.6 Å². The third kappa shape index (κ3) is 3.73. The van der Waals surface area contributed by atoms with Gasteiger partial charge in [-0.3, -0.25) is 4.98 Å². The van der Waals surface area contributed by atoms with Gasteiger partial charge < -0.3 is 5.32 Å². The zero-order valence-electron chi connectivity index (χ0n) is 16.7. The highest BCUT2D eigenvalue weighted by Crippen LogP contribution is 2.40. The number of nitrogens with one attached hydrogen (secondary N) is 1. The van der Waals surface area contributed by atoms with E-state index in [-0.39, 0.29) is 16.2 Å². The summed E-state index contributed by atoms with van der Waals surface area (Å²) < 4.78 is 15.3. The van der Waals surface area contributed by atoms with Gasteiger partial charge in [-0.05, 0) is 43.2 Å². The van der Waals surface area contributed by atoms with Gasteiger partial charge in [0.1, 0.15) is 16.8 Å². The molecule has 1 N–H and O–H groups in total. The lowest BCUT2D eigenvalue weighted by atomic mass is 10.0. The van der Waals surface area contributed by atoms with Gasteiger partial charge in [-0.1, -0.05) is 43.1 Å². The molecule has 30 heavy (non-hydrogen) atoms. The highest BCUT2D eigenvalue weighted by molar-refractivity contribution is 6.36. The molecule has 5 nitrogen and oxygen atoms in total. The highest BCUT2D eigenvalue weighted by Gasteiger charge is 2.23. The second-order valence-electron chi connectivity index (χ2n) is 7.44. The number of nitrogens with zero attached hydrogens (tertiary/aromatic N) is 4. The van der Waals surface area contributed by atoms with Crippen molar-refractivity contribution in [2.45, 2.75) is 26.8 Å². The van der Waals surface area contributed by atoms with E-state index >= 15 is 0 Å². The number of benzene rings is 1. The van der Waals surface area contributed by atoms with Crippen LogP contribution in [0.15, 0.2) is 48.8 Å². The molecule has 0 fully saturated rings. The maximum absolute atomic E-state index is 13.7. The fraction of sp³-hybridized carbons (Fsp3) is 0.227. The zero-order valence-corrected chi connectivity index (χ0v) is 18.2. The second-order valence-corrected chi connectivity index (χ2v) is 8.20. The first-order chi connectivity index (χ1) is 14.4. The van der Waals surface area contributed by atoms with Crippen LogP contribution >= 0.6 is 23.2 Å². The number of aromatic nitrogens is 4. The van der Waals surface area contributed by atoms with Crippen molar-refractivity contribution in [1.82, 2.24) is 19.6 Å². The summed E-state index contributed by atoms with van der Waals surface area (Å²) in [5.74, 6) is 0.562. The normalized spacial score (nSPS) is 12.5. The number of hydrogen-bond donors (Lipinski definition) is 1. The van der Waals surface area contributed by atoms with E-state index in [0.717, 1.165) is 11.3 Å². The van der Waals surface area contributed by atoms with Crippen LogP contribution < -0.4 is 5.32 Å². The fourth-order valence-electron chi connectivity index (χ4n) is 3.11. The van der Waals surface area contributed by atoms with E-state index in [9.17, 15) is 4.39 Å². The molecule has 154 valence electrons. The van der Waals surface area contributed by atoms with Crippen molar-refractivity contribution in [1.29, 1.82) is 0 Å². The quantitative estimate of drug-likeness (QED) is 0.364. The van der Waals surface area contributed by atoms with Crippen LogP contribution in [0.2, 0.25) is 10.2 Å². The molecule has 0 saturated heterocycles. The van der Waals surface area contributed by atoms with Gasteiger partial charge in [-0.25, -0.2) is 9.37 Å². The van der Waals surface area contributed by atoms with Gasteiger partial charge in [-0.2, -0.15) is 9.61 Å². The predicted molar refractivity (Wildman–Crippen MR) is 120 cm³/mol. The molecular weight excluding hydrogens is 424 g/mol. The van der Waals surface area contributed by atoms with Crippen LogP contribution in [-0.2, 0) is 0 Å². The maximum Gasteiger partial charge on any atom is 0.168 e. The Morgan fingerprint density at radius 1 is 1.07 bits per heavy atom. The van der Waals surface area contributed by atoms with Gasteiger partial charge in [0.25, 0.3) is 0 Å². The van der Waals surface area contributed by atoms with Crippen molar-refractivity contribution in [3.05, 3.63) is 64.8 Å². The van der Waals surface area contributed by atoms with Crippen molar-refractivity contribution in [2.24, 2.45) is 5.92 Å². The Morgan fingerprint density at radius 3 is 2.53 bits per heavy atom. The van der Waals surface area contributed by atoms with Crippen LogP contribution in [0.5, 0.6) is 0 Å².